The molecule has 0 saturated carbocycles. The molecule has 0 spiro atoms. The molecule has 0 aliphatic carbocycles. The van der Waals surface area contributed by atoms with Gasteiger partial charge in [-0.05, 0) is 48.9 Å². The highest BCUT2D eigenvalue weighted by Gasteiger charge is 2.22. The number of nitrogens with one attached hydrogen (secondary N) is 2. The summed E-state index contributed by atoms with van der Waals surface area (Å²) in [5.74, 6) is -0.543. The standard InChI is InChI=1S/C23H16Cl2N2O2/c1-13-11-15(24)7-9-17(13)23(29)27-20-18-10-8-16(25)12-19(18)26-21(20)22(28)14-5-3-2-4-6-14/h2-12,26H,1H3,(H,27,29). The van der Waals surface area contributed by atoms with Crippen LogP contribution in [-0.2, 0) is 0 Å². The van der Waals surface area contributed by atoms with E-state index in [1.165, 1.54) is 0 Å². The van der Waals surface area contributed by atoms with Crippen molar-refractivity contribution in [2.75, 3.05) is 5.32 Å². The molecule has 0 aliphatic rings. The first-order chi connectivity index (χ1) is 13.9. The zero-order valence-corrected chi connectivity index (χ0v) is 16.9. The summed E-state index contributed by atoms with van der Waals surface area (Å²) in [7, 11) is 0. The highest BCUT2D eigenvalue weighted by Crippen LogP contribution is 2.32. The van der Waals surface area contributed by atoms with Crippen LogP contribution in [0.25, 0.3) is 10.9 Å². The second-order valence-electron chi connectivity index (χ2n) is 6.67. The molecule has 4 aromatic rings. The number of halogens is 2. The van der Waals surface area contributed by atoms with E-state index < -0.39 is 0 Å². The summed E-state index contributed by atoms with van der Waals surface area (Å²) in [6, 6.07) is 19.2. The van der Waals surface area contributed by atoms with Gasteiger partial charge in [0.1, 0.15) is 5.69 Å². The fourth-order valence-electron chi connectivity index (χ4n) is 3.27. The van der Waals surface area contributed by atoms with Crippen LogP contribution in [0.3, 0.4) is 0 Å². The number of aromatic amines is 1. The third-order valence-electron chi connectivity index (χ3n) is 4.70. The number of H-pyrrole nitrogens is 1. The van der Waals surface area contributed by atoms with E-state index in [0.717, 1.165) is 5.56 Å². The van der Waals surface area contributed by atoms with Gasteiger partial charge in [-0.1, -0.05) is 53.5 Å². The lowest BCUT2D eigenvalue weighted by Gasteiger charge is -2.10. The zero-order chi connectivity index (χ0) is 20.5. The molecule has 0 fully saturated rings. The zero-order valence-electron chi connectivity index (χ0n) is 15.4. The summed E-state index contributed by atoms with van der Waals surface area (Å²) in [6.45, 7) is 1.81. The van der Waals surface area contributed by atoms with Gasteiger partial charge < -0.3 is 10.3 Å². The Morgan fingerprint density at radius 1 is 0.897 bits per heavy atom. The van der Waals surface area contributed by atoms with E-state index in [0.29, 0.717) is 43.5 Å². The van der Waals surface area contributed by atoms with Gasteiger partial charge in [0.15, 0.2) is 0 Å². The number of aryl methyl sites for hydroxylation is 1. The van der Waals surface area contributed by atoms with E-state index in [1.807, 2.05) is 13.0 Å². The third kappa shape index (κ3) is 3.77. The number of amides is 1. The van der Waals surface area contributed by atoms with Crippen molar-refractivity contribution in [3.8, 4) is 0 Å². The number of carbonyl (C=O) groups is 2. The quantitative estimate of drug-likeness (QED) is 0.380. The molecule has 0 atom stereocenters. The molecule has 0 bridgehead atoms. The predicted molar refractivity (Wildman–Crippen MR) is 117 cm³/mol. The number of benzene rings is 3. The van der Waals surface area contributed by atoms with Crippen molar-refractivity contribution in [2.24, 2.45) is 0 Å². The number of ketones is 1. The lowest BCUT2D eigenvalue weighted by atomic mass is 10.1. The monoisotopic (exact) mass is 422 g/mol. The highest BCUT2D eigenvalue weighted by molar-refractivity contribution is 6.32. The molecule has 0 saturated heterocycles. The first kappa shape index (κ1) is 19.2. The molecule has 4 nitrogen and oxygen atoms in total. The molecule has 3 aromatic carbocycles. The number of anilines is 1. The minimum absolute atomic E-state index is 0.221. The Balaban J connectivity index is 1.81. The maximum Gasteiger partial charge on any atom is 0.256 e. The van der Waals surface area contributed by atoms with Gasteiger partial charge in [0.2, 0.25) is 5.78 Å². The van der Waals surface area contributed by atoms with Crippen molar-refractivity contribution in [3.63, 3.8) is 0 Å². The van der Waals surface area contributed by atoms with E-state index in [1.54, 1.807) is 60.7 Å². The molecule has 0 radical (unpaired) electrons. The molecule has 1 heterocycles. The number of aromatic nitrogens is 1. The van der Waals surface area contributed by atoms with Crippen LogP contribution in [0.2, 0.25) is 10.0 Å². The fraction of sp³-hybridized carbons (Fsp3) is 0.0435. The van der Waals surface area contributed by atoms with Gasteiger partial charge in [-0.2, -0.15) is 0 Å². The maximum absolute atomic E-state index is 13.1. The van der Waals surface area contributed by atoms with E-state index in [-0.39, 0.29) is 11.7 Å². The molecule has 2 N–H and O–H groups in total. The molecule has 0 aliphatic heterocycles. The first-order valence-electron chi connectivity index (χ1n) is 8.92. The lowest BCUT2D eigenvalue weighted by Crippen LogP contribution is -2.16. The lowest BCUT2D eigenvalue weighted by molar-refractivity contribution is 0.102. The Morgan fingerprint density at radius 3 is 2.31 bits per heavy atom. The molecule has 1 aromatic heterocycles. The molecule has 6 heteroatoms. The Kier molecular flexibility index (Phi) is 5.14. The van der Waals surface area contributed by atoms with Gasteiger partial charge in [0.05, 0.1) is 5.69 Å². The topological polar surface area (TPSA) is 62.0 Å². The van der Waals surface area contributed by atoms with Gasteiger partial charge in [-0.25, -0.2) is 0 Å². The Hall–Kier alpha value is -3.08. The molecule has 29 heavy (non-hydrogen) atoms. The number of hydrogen-bond acceptors (Lipinski definition) is 2. The summed E-state index contributed by atoms with van der Waals surface area (Å²) in [6.07, 6.45) is 0. The summed E-state index contributed by atoms with van der Waals surface area (Å²) < 4.78 is 0. The number of fused-ring (bicyclic) bond motifs is 1. The van der Waals surface area contributed by atoms with Crippen LogP contribution < -0.4 is 5.32 Å². The van der Waals surface area contributed by atoms with Crippen LogP contribution in [-0.4, -0.2) is 16.7 Å². The van der Waals surface area contributed by atoms with Gasteiger partial charge in [-0.3, -0.25) is 9.59 Å². The van der Waals surface area contributed by atoms with Crippen LogP contribution >= 0.6 is 23.2 Å². The van der Waals surface area contributed by atoms with Crippen LogP contribution in [0.15, 0.2) is 66.7 Å². The van der Waals surface area contributed by atoms with Crippen molar-refractivity contribution in [1.29, 1.82) is 0 Å². The second-order valence-corrected chi connectivity index (χ2v) is 7.55. The van der Waals surface area contributed by atoms with E-state index >= 15 is 0 Å². The van der Waals surface area contributed by atoms with E-state index in [2.05, 4.69) is 10.3 Å². The highest BCUT2D eigenvalue weighted by atomic mass is 35.5. The molecule has 0 unspecified atom stereocenters. The van der Waals surface area contributed by atoms with E-state index in [9.17, 15) is 9.59 Å². The van der Waals surface area contributed by atoms with Crippen molar-refractivity contribution >= 4 is 51.5 Å². The number of hydrogen-bond donors (Lipinski definition) is 2. The average Bonchev–Trinajstić information content (AvgIpc) is 3.05. The summed E-state index contributed by atoms with van der Waals surface area (Å²) >= 11 is 12.1. The van der Waals surface area contributed by atoms with Gasteiger partial charge in [0, 0.05) is 32.1 Å². The van der Waals surface area contributed by atoms with Crippen molar-refractivity contribution in [1.82, 2.24) is 4.98 Å². The first-order valence-corrected chi connectivity index (χ1v) is 9.68. The molecular formula is C23H16Cl2N2O2. The molecule has 144 valence electrons. The Bertz CT molecular complexity index is 1250. The summed E-state index contributed by atoms with van der Waals surface area (Å²) in [5, 5.41) is 4.69. The summed E-state index contributed by atoms with van der Waals surface area (Å²) in [5.41, 5.74) is 3.13. The minimum Gasteiger partial charge on any atom is -0.350 e. The second kappa shape index (κ2) is 7.74. The van der Waals surface area contributed by atoms with Crippen LogP contribution in [0.5, 0.6) is 0 Å². The van der Waals surface area contributed by atoms with Crippen molar-refractivity contribution in [2.45, 2.75) is 6.92 Å². The van der Waals surface area contributed by atoms with E-state index in [4.69, 9.17) is 23.2 Å². The molecular weight excluding hydrogens is 407 g/mol. The third-order valence-corrected chi connectivity index (χ3v) is 5.17. The molecule has 1 amide bonds. The number of carbonyl (C=O) groups excluding carboxylic acids is 2. The van der Waals surface area contributed by atoms with Crippen molar-refractivity contribution < 1.29 is 9.59 Å². The SMILES string of the molecule is Cc1cc(Cl)ccc1C(=O)Nc1c(C(=O)c2ccccc2)[nH]c2cc(Cl)ccc12. The predicted octanol–water partition coefficient (Wildman–Crippen LogP) is 6.27. The average molecular weight is 423 g/mol. The normalized spacial score (nSPS) is 10.9. The Labute approximate surface area is 177 Å². The minimum atomic E-state index is -0.322. The van der Waals surface area contributed by atoms with Gasteiger partial charge in [0.25, 0.3) is 5.91 Å². The van der Waals surface area contributed by atoms with Crippen molar-refractivity contribution in [3.05, 3.63) is 99.2 Å². The van der Waals surface area contributed by atoms with Crippen LogP contribution in [0.4, 0.5) is 5.69 Å². The number of rotatable bonds is 4. The van der Waals surface area contributed by atoms with Crippen LogP contribution in [0.1, 0.15) is 32.0 Å². The van der Waals surface area contributed by atoms with Gasteiger partial charge in [-0.15, -0.1) is 0 Å². The maximum atomic E-state index is 13.1. The fourth-order valence-corrected chi connectivity index (χ4v) is 3.67. The summed E-state index contributed by atoms with van der Waals surface area (Å²) in [4.78, 5) is 29.2. The van der Waals surface area contributed by atoms with Crippen LogP contribution in [0, 0.1) is 6.92 Å². The Morgan fingerprint density at radius 2 is 1.59 bits per heavy atom. The largest absolute Gasteiger partial charge is 0.350 e. The van der Waals surface area contributed by atoms with Gasteiger partial charge >= 0.3 is 0 Å². The molecule has 4 rings (SSSR count). The smallest absolute Gasteiger partial charge is 0.256 e.